The summed E-state index contributed by atoms with van der Waals surface area (Å²) in [6, 6.07) is 15.7. The van der Waals surface area contributed by atoms with Gasteiger partial charge in [0.1, 0.15) is 12.4 Å². The second kappa shape index (κ2) is 9.58. The molecule has 2 aromatic rings. The summed E-state index contributed by atoms with van der Waals surface area (Å²) < 4.78 is 10.5. The maximum Gasteiger partial charge on any atom is 0.337 e. The summed E-state index contributed by atoms with van der Waals surface area (Å²) in [7, 11) is 0. The zero-order valence-electron chi connectivity index (χ0n) is 14.8. The standard InChI is InChI=1S/C20H23NO5/c1-3-25-20(24)19(23)18(21-14(2)22)16-9-11-17(12-10-16)26-13-15-7-5-4-6-8-15/h4-12,18-19,23H,3,13H2,1-2H3,(H,21,22)/t18-,19+/m1/s1. The molecule has 6 nitrogen and oxygen atoms in total. The molecule has 0 fully saturated rings. The van der Waals surface area contributed by atoms with Crippen molar-refractivity contribution in [3.05, 3.63) is 65.7 Å². The van der Waals surface area contributed by atoms with Crippen LogP contribution in [0.1, 0.15) is 31.0 Å². The minimum Gasteiger partial charge on any atom is -0.489 e. The average Bonchev–Trinajstić information content (AvgIpc) is 2.65. The molecule has 6 heteroatoms. The fourth-order valence-corrected chi connectivity index (χ4v) is 2.44. The van der Waals surface area contributed by atoms with E-state index in [-0.39, 0.29) is 12.5 Å². The SMILES string of the molecule is CCOC(=O)[C@@H](O)[C@H](NC(C)=O)c1ccc(OCc2ccccc2)cc1. The number of hydrogen-bond donors (Lipinski definition) is 2. The van der Waals surface area contributed by atoms with Crippen molar-refractivity contribution in [2.24, 2.45) is 0 Å². The molecule has 2 rings (SSSR count). The number of esters is 1. The molecule has 0 saturated heterocycles. The van der Waals surface area contributed by atoms with Gasteiger partial charge in [-0.2, -0.15) is 0 Å². The first-order valence-corrected chi connectivity index (χ1v) is 8.39. The van der Waals surface area contributed by atoms with Crippen molar-refractivity contribution in [2.45, 2.75) is 32.6 Å². The number of carbonyl (C=O) groups excluding carboxylic acids is 2. The number of aliphatic hydroxyl groups excluding tert-OH is 1. The molecule has 2 N–H and O–H groups in total. The van der Waals surface area contributed by atoms with Crippen molar-refractivity contribution in [3.8, 4) is 5.75 Å². The number of ether oxygens (including phenoxy) is 2. The number of nitrogens with one attached hydrogen (secondary N) is 1. The van der Waals surface area contributed by atoms with Gasteiger partial charge < -0.3 is 19.9 Å². The lowest BCUT2D eigenvalue weighted by molar-refractivity contribution is -0.155. The first-order valence-electron chi connectivity index (χ1n) is 8.39. The van der Waals surface area contributed by atoms with Crippen LogP contribution in [-0.2, 0) is 20.9 Å². The summed E-state index contributed by atoms with van der Waals surface area (Å²) >= 11 is 0. The molecule has 0 aliphatic heterocycles. The van der Waals surface area contributed by atoms with Gasteiger partial charge in [-0.3, -0.25) is 4.79 Å². The first kappa shape index (κ1) is 19.5. The smallest absolute Gasteiger partial charge is 0.337 e. The van der Waals surface area contributed by atoms with Crippen LogP contribution in [0.5, 0.6) is 5.75 Å². The van der Waals surface area contributed by atoms with Crippen LogP contribution in [0.3, 0.4) is 0 Å². The lowest BCUT2D eigenvalue weighted by Gasteiger charge is -2.23. The minimum atomic E-state index is -1.49. The highest BCUT2D eigenvalue weighted by atomic mass is 16.5. The van der Waals surface area contributed by atoms with Gasteiger partial charge in [0.15, 0.2) is 6.10 Å². The van der Waals surface area contributed by atoms with E-state index in [4.69, 9.17) is 9.47 Å². The minimum absolute atomic E-state index is 0.148. The Balaban J connectivity index is 2.08. The van der Waals surface area contributed by atoms with Crippen LogP contribution in [-0.4, -0.2) is 29.7 Å². The molecule has 0 unspecified atom stereocenters. The summed E-state index contributed by atoms with van der Waals surface area (Å²) in [5.41, 5.74) is 1.62. The highest BCUT2D eigenvalue weighted by molar-refractivity contribution is 5.78. The van der Waals surface area contributed by atoms with Gasteiger partial charge in [0, 0.05) is 6.92 Å². The molecule has 0 aliphatic rings. The van der Waals surface area contributed by atoms with E-state index in [1.807, 2.05) is 30.3 Å². The van der Waals surface area contributed by atoms with Crippen molar-refractivity contribution < 1.29 is 24.2 Å². The third-order valence-corrected chi connectivity index (χ3v) is 3.69. The second-order valence-corrected chi connectivity index (χ2v) is 5.72. The third kappa shape index (κ3) is 5.60. The Kier molecular flexibility index (Phi) is 7.17. The molecule has 0 aromatic heterocycles. The van der Waals surface area contributed by atoms with Crippen LogP contribution in [0.25, 0.3) is 0 Å². The van der Waals surface area contributed by atoms with E-state index in [1.54, 1.807) is 31.2 Å². The Hall–Kier alpha value is -2.86. The lowest BCUT2D eigenvalue weighted by Crippen LogP contribution is -2.40. The molecular formula is C20H23NO5. The molecule has 26 heavy (non-hydrogen) atoms. The highest BCUT2D eigenvalue weighted by Gasteiger charge is 2.29. The average molecular weight is 357 g/mol. The molecular weight excluding hydrogens is 334 g/mol. The molecule has 0 radical (unpaired) electrons. The molecule has 1 amide bonds. The molecule has 2 atom stereocenters. The fraction of sp³-hybridized carbons (Fsp3) is 0.300. The van der Waals surface area contributed by atoms with Gasteiger partial charge in [-0.25, -0.2) is 4.79 Å². The zero-order chi connectivity index (χ0) is 18.9. The Morgan fingerprint density at radius 2 is 1.73 bits per heavy atom. The second-order valence-electron chi connectivity index (χ2n) is 5.72. The van der Waals surface area contributed by atoms with Crippen LogP contribution < -0.4 is 10.1 Å². The van der Waals surface area contributed by atoms with E-state index in [0.29, 0.717) is 17.9 Å². The molecule has 0 bridgehead atoms. The predicted molar refractivity (Wildman–Crippen MR) is 96.4 cm³/mol. The van der Waals surface area contributed by atoms with Crippen molar-refractivity contribution in [1.82, 2.24) is 5.32 Å². The van der Waals surface area contributed by atoms with E-state index >= 15 is 0 Å². The number of carbonyl (C=O) groups is 2. The van der Waals surface area contributed by atoms with Crippen molar-refractivity contribution >= 4 is 11.9 Å². The number of rotatable bonds is 8. The summed E-state index contributed by atoms with van der Waals surface area (Å²) in [6.45, 7) is 3.55. The van der Waals surface area contributed by atoms with E-state index < -0.39 is 18.1 Å². The van der Waals surface area contributed by atoms with Crippen LogP contribution in [0.15, 0.2) is 54.6 Å². The number of aliphatic hydroxyl groups is 1. The van der Waals surface area contributed by atoms with Gasteiger partial charge in [-0.1, -0.05) is 42.5 Å². The Morgan fingerprint density at radius 1 is 1.08 bits per heavy atom. The zero-order valence-corrected chi connectivity index (χ0v) is 14.8. The van der Waals surface area contributed by atoms with Gasteiger partial charge in [0.05, 0.1) is 12.6 Å². The molecule has 138 valence electrons. The van der Waals surface area contributed by atoms with E-state index in [0.717, 1.165) is 5.56 Å². The molecule has 0 spiro atoms. The summed E-state index contributed by atoms with van der Waals surface area (Å²) in [5, 5.41) is 12.8. The van der Waals surface area contributed by atoms with Crippen molar-refractivity contribution in [2.75, 3.05) is 6.61 Å². The fourth-order valence-electron chi connectivity index (χ4n) is 2.44. The normalized spacial score (nSPS) is 12.7. The monoisotopic (exact) mass is 357 g/mol. The van der Waals surface area contributed by atoms with Gasteiger partial charge in [-0.05, 0) is 30.2 Å². The molecule has 0 aliphatic carbocycles. The van der Waals surface area contributed by atoms with Crippen molar-refractivity contribution in [3.63, 3.8) is 0 Å². The van der Waals surface area contributed by atoms with Crippen LogP contribution in [0.4, 0.5) is 0 Å². The van der Waals surface area contributed by atoms with E-state index in [9.17, 15) is 14.7 Å². The molecule has 2 aromatic carbocycles. The number of benzene rings is 2. The first-order chi connectivity index (χ1) is 12.5. The van der Waals surface area contributed by atoms with Crippen LogP contribution >= 0.6 is 0 Å². The van der Waals surface area contributed by atoms with Crippen LogP contribution in [0, 0.1) is 0 Å². The van der Waals surface area contributed by atoms with Crippen molar-refractivity contribution in [1.29, 1.82) is 0 Å². The van der Waals surface area contributed by atoms with E-state index in [2.05, 4.69) is 5.32 Å². The molecule has 0 heterocycles. The predicted octanol–water partition coefficient (Wildman–Crippen LogP) is 2.37. The van der Waals surface area contributed by atoms with Gasteiger partial charge in [-0.15, -0.1) is 0 Å². The summed E-state index contributed by atoms with van der Waals surface area (Å²) in [6.07, 6.45) is -1.49. The molecule has 0 saturated carbocycles. The highest BCUT2D eigenvalue weighted by Crippen LogP contribution is 2.22. The van der Waals surface area contributed by atoms with Crippen LogP contribution in [0.2, 0.25) is 0 Å². The topological polar surface area (TPSA) is 84.9 Å². The van der Waals surface area contributed by atoms with Gasteiger partial charge in [0.2, 0.25) is 5.91 Å². The van der Waals surface area contributed by atoms with Gasteiger partial charge >= 0.3 is 5.97 Å². The lowest BCUT2D eigenvalue weighted by atomic mass is 10.0. The summed E-state index contributed by atoms with van der Waals surface area (Å²) in [5.74, 6) is -0.497. The maximum atomic E-state index is 11.8. The Labute approximate surface area is 152 Å². The largest absolute Gasteiger partial charge is 0.489 e. The quantitative estimate of drug-likeness (QED) is 0.709. The number of amides is 1. The van der Waals surface area contributed by atoms with E-state index in [1.165, 1.54) is 6.92 Å². The summed E-state index contributed by atoms with van der Waals surface area (Å²) in [4.78, 5) is 23.3. The Morgan fingerprint density at radius 3 is 2.31 bits per heavy atom. The van der Waals surface area contributed by atoms with Gasteiger partial charge in [0.25, 0.3) is 0 Å². The number of hydrogen-bond acceptors (Lipinski definition) is 5. The maximum absolute atomic E-state index is 11.8. The Bertz CT molecular complexity index is 715. The third-order valence-electron chi connectivity index (χ3n) is 3.69.